The highest BCUT2D eigenvalue weighted by molar-refractivity contribution is 5.52. The molecule has 0 atom stereocenters. The number of hydrogen-bond donors (Lipinski definition) is 2. The van der Waals surface area contributed by atoms with Crippen LogP contribution in [0.3, 0.4) is 0 Å². The van der Waals surface area contributed by atoms with Crippen LogP contribution >= 0.6 is 0 Å². The second kappa shape index (κ2) is 5.54. The van der Waals surface area contributed by atoms with Crippen LogP contribution in [0.25, 0.3) is 0 Å². The van der Waals surface area contributed by atoms with Gasteiger partial charge in [-0.2, -0.15) is 0 Å². The summed E-state index contributed by atoms with van der Waals surface area (Å²) in [4.78, 5) is 0. The van der Waals surface area contributed by atoms with Gasteiger partial charge in [-0.05, 0) is 42.7 Å². The average molecular weight is 244 g/mol. The molecule has 3 heteroatoms. The van der Waals surface area contributed by atoms with Crippen LogP contribution in [0.5, 0.6) is 0 Å². The summed E-state index contributed by atoms with van der Waals surface area (Å²) >= 11 is 0. The maximum Gasteiger partial charge on any atom is 0.148 e. The molecule has 18 heavy (non-hydrogen) atoms. The van der Waals surface area contributed by atoms with E-state index >= 15 is 0 Å². The first-order valence-electron chi connectivity index (χ1n) is 6.00. The van der Waals surface area contributed by atoms with Gasteiger partial charge in [-0.15, -0.1) is 0 Å². The van der Waals surface area contributed by atoms with Crippen molar-refractivity contribution in [3.05, 3.63) is 59.4 Å². The van der Waals surface area contributed by atoms with Gasteiger partial charge in [0.15, 0.2) is 0 Å². The van der Waals surface area contributed by atoms with Crippen molar-refractivity contribution in [3.8, 4) is 0 Å². The van der Waals surface area contributed by atoms with Crippen molar-refractivity contribution in [1.29, 1.82) is 0 Å². The van der Waals surface area contributed by atoms with Crippen LogP contribution in [0.4, 0.5) is 15.8 Å². The van der Waals surface area contributed by atoms with Crippen molar-refractivity contribution in [3.63, 3.8) is 0 Å². The summed E-state index contributed by atoms with van der Waals surface area (Å²) in [7, 11) is 0. The van der Waals surface area contributed by atoms with Gasteiger partial charge in [0.2, 0.25) is 0 Å². The molecule has 0 aromatic heterocycles. The lowest BCUT2D eigenvalue weighted by Crippen LogP contribution is -2.06. The van der Waals surface area contributed by atoms with E-state index < -0.39 is 0 Å². The Balaban J connectivity index is 1.92. The van der Waals surface area contributed by atoms with Crippen molar-refractivity contribution in [1.82, 2.24) is 0 Å². The van der Waals surface area contributed by atoms with E-state index in [-0.39, 0.29) is 11.5 Å². The minimum atomic E-state index is -0.379. The number of anilines is 2. The second-order valence-corrected chi connectivity index (χ2v) is 4.34. The predicted octanol–water partition coefficient (Wildman–Crippen LogP) is 3.37. The monoisotopic (exact) mass is 244 g/mol. The quantitative estimate of drug-likeness (QED) is 0.809. The highest BCUT2D eigenvalue weighted by Crippen LogP contribution is 2.16. The summed E-state index contributed by atoms with van der Waals surface area (Å²) in [6, 6.07) is 13.1. The average Bonchev–Trinajstić information content (AvgIpc) is 2.36. The molecule has 3 N–H and O–H groups in total. The Morgan fingerprint density at radius 2 is 1.94 bits per heavy atom. The topological polar surface area (TPSA) is 38.0 Å². The number of benzene rings is 2. The number of hydrogen-bond acceptors (Lipinski definition) is 2. The molecule has 2 aromatic rings. The van der Waals surface area contributed by atoms with E-state index in [1.54, 1.807) is 12.1 Å². The summed E-state index contributed by atoms with van der Waals surface area (Å²) < 4.78 is 13.2. The molecule has 0 heterocycles. The van der Waals surface area contributed by atoms with E-state index in [2.05, 4.69) is 24.4 Å². The number of rotatable bonds is 4. The lowest BCUT2D eigenvalue weighted by atomic mass is 10.1. The molecular formula is C15H17FN2. The molecule has 0 spiro atoms. The van der Waals surface area contributed by atoms with Crippen molar-refractivity contribution < 1.29 is 4.39 Å². The van der Waals surface area contributed by atoms with Gasteiger partial charge in [-0.3, -0.25) is 0 Å². The molecular weight excluding hydrogens is 227 g/mol. The molecule has 0 saturated heterocycles. The van der Waals surface area contributed by atoms with Gasteiger partial charge in [-0.1, -0.05) is 24.3 Å². The molecule has 0 radical (unpaired) electrons. The molecule has 0 amide bonds. The number of nitrogens with two attached hydrogens (primary N) is 1. The largest absolute Gasteiger partial charge is 0.396 e. The minimum absolute atomic E-state index is 0.180. The Bertz CT molecular complexity index is 538. The molecule has 94 valence electrons. The fourth-order valence-corrected chi connectivity index (χ4v) is 1.87. The maximum absolute atomic E-state index is 13.2. The molecule has 0 aliphatic heterocycles. The third kappa shape index (κ3) is 3.00. The molecule has 0 bridgehead atoms. The van der Waals surface area contributed by atoms with Crippen LogP contribution in [0.15, 0.2) is 42.5 Å². The van der Waals surface area contributed by atoms with E-state index in [0.29, 0.717) is 0 Å². The van der Waals surface area contributed by atoms with Gasteiger partial charge in [-0.25, -0.2) is 4.39 Å². The summed E-state index contributed by atoms with van der Waals surface area (Å²) in [5.74, 6) is -0.379. The number of halogens is 1. The van der Waals surface area contributed by atoms with Crippen LogP contribution in [0.2, 0.25) is 0 Å². The zero-order valence-corrected chi connectivity index (χ0v) is 10.4. The van der Waals surface area contributed by atoms with Gasteiger partial charge in [0.25, 0.3) is 0 Å². The van der Waals surface area contributed by atoms with Crippen molar-refractivity contribution in [2.45, 2.75) is 13.3 Å². The molecule has 0 aliphatic carbocycles. The highest BCUT2D eigenvalue weighted by atomic mass is 19.1. The maximum atomic E-state index is 13.2. The molecule has 2 aromatic carbocycles. The first-order valence-corrected chi connectivity index (χ1v) is 6.00. The Labute approximate surface area is 107 Å². The first-order chi connectivity index (χ1) is 8.66. The van der Waals surface area contributed by atoms with Crippen LogP contribution in [-0.2, 0) is 6.42 Å². The second-order valence-electron chi connectivity index (χ2n) is 4.34. The van der Waals surface area contributed by atoms with E-state index in [1.807, 2.05) is 12.1 Å². The van der Waals surface area contributed by atoms with Crippen LogP contribution < -0.4 is 11.1 Å². The molecule has 0 fully saturated rings. The van der Waals surface area contributed by atoms with Gasteiger partial charge in [0, 0.05) is 12.2 Å². The molecule has 0 saturated carbocycles. The first kappa shape index (κ1) is 12.4. The number of nitrogens with one attached hydrogen (secondary N) is 1. The lowest BCUT2D eigenvalue weighted by Gasteiger charge is -2.09. The normalized spacial score (nSPS) is 10.3. The predicted molar refractivity (Wildman–Crippen MR) is 74.2 cm³/mol. The van der Waals surface area contributed by atoms with E-state index in [1.165, 1.54) is 17.2 Å². The Hall–Kier alpha value is -2.03. The SMILES string of the molecule is Cc1ccccc1CCNc1ccc(N)c(F)c1. The third-order valence-corrected chi connectivity index (χ3v) is 2.99. The van der Waals surface area contributed by atoms with Crippen molar-refractivity contribution in [2.75, 3.05) is 17.6 Å². The van der Waals surface area contributed by atoms with Gasteiger partial charge in [0.1, 0.15) is 5.82 Å². The molecule has 2 rings (SSSR count). The minimum Gasteiger partial charge on any atom is -0.396 e. The highest BCUT2D eigenvalue weighted by Gasteiger charge is 2.00. The van der Waals surface area contributed by atoms with Gasteiger partial charge >= 0.3 is 0 Å². The van der Waals surface area contributed by atoms with Crippen LogP contribution in [0.1, 0.15) is 11.1 Å². The summed E-state index contributed by atoms with van der Waals surface area (Å²) in [5.41, 5.74) is 8.95. The third-order valence-electron chi connectivity index (χ3n) is 2.99. The molecule has 2 nitrogen and oxygen atoms in total. The number of nitrogen functional groups attached to an aromatic ring is 1. The Kier molecular flexibility index (Phi) is 3.82. The summed E-state index contributed by atoms with van der Waals surface area (Å²) in [6.07, 6.45) is 0.915. The molecule has 0 aliphatic rings. The molecule has 0 unspecified atom stereocenters. The standard InChI is InChI=1S/C15H17FN2/c1-11-4-2-3-5-12(11)8-9-18-13-6-7-15(17)14(16)10-13/h2-7,10,18H,8-9,17H2,1H3. The smallest absolute Gasteiger partial charge is 0.148 e. The number of aryl methyl sites for hydroxylation is 1. The van der Waals surface area contributed by atoms with Gasteiger partial charge in [0.05, 0.1) is 5.69 Å². The Morgan fingerprint density at radius 3 is 2.67 bits per heavy atom. The van der Waals surface area contributed by atoms with E-state index in [4.69, 9.17) is 5.73 Å². The summed E-state index contributed by atoms with van der Waals surface area (Å²) in [5, 5.41) is 3.19. The lowest BCUT2D eigenvalue weighted by molar-refractivity contribution is 0.633. The van der Waals surface area contributed by atoms with Crippen LogP contribution in [-0.4, -0.2) is 6.54 Å². The fraction of sp³-hybridized carbons (Fsp3) is 0.200. The summed E-state index contributed by atoms with van der Waals surface area (Å²) in [6.45, 7) is 2.87. The van der Waals surface area contributed by atoms with Crippen molar-refractivity contribution in [2.24, 2.45) is 0 Å². The Morgan fingerprint density at radius 1 is 1.17 bits per heavy atom. The van der Waals surface area contributed by atoms with Crippen LogP contribution in [0, 0.1) is 12.7 Å². The van der Waals surface area contributed by atoms with E-state index in [9.17, 15) is 4.39 Å². The zero-order chi connectivity index (χ0) is 13.0. The van der Waals surface area contributed by atoms with Crippen molar-refractivity contribution >= 4 is 11.4 Å². The van der Waals surface area contributed by atoms with Gasteiger partial charge < -0.3 is 11.1 Å². The fourth-order valence-electron chi connectivity index (χ4n) is 1.87. The zero-order valence-electron chi connectivity index (χ0n) is 10.4. The van der Waals surface area contributed by atoms with E-state index in [0.717, 1.165) is 18.7 Å².